The van der Waals surface area contributed by atoms with Gasteiger partial charge in [-0.25, -0.2) is 0 Å². The van der Waals surface area contributed by atoms with Crippen molar-refractivity contribution in [1.29, 1.82) is 0 Å². The number of anilines is 2. The van der Waals surface area contributed by atoms with Crippen molar-refractivity contribution in [2.75, 3.05) is 5.32 Å². The van der Waals surface area contributed by atoms with Gasteiger partial charge in [0.25, 0.3) is 0 Å². The normalized spacial score (nSPS) is 11.3. The lowest BCUT2D eigenvalue weighted by molar-refractivity contribution is 1.18. The summed E-state index contributed by atoms with van der Waals surface area (Å²) in [7, 11) is 0. The number of rotatable bonds is 7. The van der Waals surface area contributed by atoms with E-state index in [0.29, 0.717) is 0 Å². The minimum atomic E-state index is 1.06. The number of fused-ring (bicyclic) bond motifs is 3. The number of benzene rings is 8. The Labute approximate surface area is 305 Å². The Morgan fingerprint density at radius 2 is 0.885 bits per heavy atom. The van der Waals surface area contributed by atoms with E-state index in [1.54, 1.807) is 0 Å². The monoisotopic (exact) mass is 666 g/mol. The van der Waals surface area contributed by atoms with Crippen LogP contribution in [0, 0.1) is 13.8 Å². The molecule has 0 fully saturated rings. The maximum absolute atomic E-state index is 3.74. The molecule has 0 aliphatic rings. The van der Waals surface area contributed by atoms with Crippen molar-refractivity contribution in [2.45, 2.75) is 13.8 Å². The van der Waals surface area contributed by atoms with Crippen LogP contribution in [0.1, 0.15) is 11.1 Å². The molecule has 0 aliphatic carbocycles. The first-order valence-corrected chi connectivity index (χ1v) is 17.9. The van der Waals surface area contributed by atoms with E-state index in [-0.39, 0.29) is 0 Å². The van der Waals surface area contributed by atoms with E-state index >= 15 is 0 Å². The number of aromatic nitrogens is 1. The lowest BCUT2D eigenvalue weighted by atomic mass is 9.95. The Morgan fingerprint density at radius 1 is 0.365 bits per heavy atom. The summed E-state index contributed by atoms with van der Waals surface area (Å²) in [5.74, 6) is 0. The molecule has 0 bridgehead atoms. The van der Waals surface area contributed by atoms with Crippen LogP contribution in [-0.2, 0) is 0 Å². The summed E-state index contributed by atoms with van der Waals surface area (Å²) in [6.07, 6.45) is 0. The third-order valence-electron chi connectivity index (χ3n) is 10.1. The van der Waals surface area contributed by atoms with Crippen LogP contribution in [0.25, 0.3) is 72.0 Å². The molecule has 1 aromatic heterocycles. The van der Waals surface area contributed by atoms with Gasteiger partial charge in [0.2, 0.25) is 0 Å². The maximum atomic E-state index is 3.74. The van der Waals surface area contributed by atoms with E-state index < -0.39 is 0 Å². The zero-order chi connectivity index (χ0) is 35.0. The number of hydrogen-bond acceptors (Lipinski definition) is 1. The van der Waals surface area contributed by atoms with Gasteiger partial charge in [-0.1, -0.05) is 139 Å². The predicted octanol–water partition coefficient (Wildman–Crippen LogP) is 13.8. The number of nitrogens with one attached hydrogen (secondary N) is 1. The first-order valence-electron chi connectivity index (χ1n) is 17.9. The highest BCUT2D eigenvalue weighted by atomic mass is 15.0. The van der Waals surface area contributed by atoms with Gasteiger partial charge >= 0.3 is 0 Å². The van der Waals surface area contributed by atoms with Crippen LogP contribution >= 0.6 is 0 Å². The molecule has 0 radical (unpaired) electrons. The molecule has 9 rings (SSSR count). The minimum Gasteiger partial charge on any atom is -0.355 e. The summed E-state index contributed by atoms with van der Waals surface area (Å²) < 4.78 is 2.40. The summed E-state index contributed by atoms with van der Waals surface area (Å²) in [6, 6.07) is 68.0. The fourth-order valence-corrected chi connectivity index (χ4v) is 7.44. The summed E-state index contributed by atoms with van der Waals surface area (Å²) in [6.45, 7) is 4.33. The highest BCUT2D eigenvalue weighted by Gasteiger charge is 2.15. The van der Waals surface area contributed by atoms with Gasteiger partial charge in [-0.3, -0.25) is 0 Å². The molecule has 2 heteroatoms. The smallest absolute Gasteiger partial charge is 0.0541 e. The predicted molar refractivity (Wildman–Crippen MR) is 222 cm³/mol. The summed E-state index contributed by atoms with van der Waals surface area (Å²) in [5.41, 5.74) is 17.8. The van der Waals surface area contributed by atoms with Gasteiger partial charge in [0.15, 0.2) is 0 Å². The van der Waals surface area contributed by atoms with E-state index in [1.807, 2.05) is 0 Å². The maximum Gasteiger partial charge on any atom is 0.0541 e. The number of aryl methyl sites for hydroxylation is 2. The molecule has 0 aliphatic heterocycles. The molecule has 1 heterocycles. The fraction of sp³-hybridized carbons (Fsp3) is 0.0400. The molecule has 0 unspecified atom stereocenters. The van der Waals surface area contributed by atoms with Crippen LogP contribution < -0.4 is 5.32 Å². The van der Waals surface area contributed by atoms with Gasteiger partial charge in [-0.2, -0.15) is 0 Å². The molecule has 9 aromatic rings. The second-order valence-electron chi connectivity index (χ2n) is 13.7. The zero-order valence-electron chi connectivity index (χ0n) is 29.3. The van der Waals surface area contributed by atoms with Crippen LogP contribution in [-0.4, -0.2) is 4.57 Å². The zero-order valence-corrected chi connectivity index (χ0v) is 29.3. The summed E-state index contributed by atoms with van der Waals surface area (Å²) in [5, 5.41) is 6.26. The van der Waals surface area contributed by atoms with Crippen molar-refractivity contribution >= 4 is 33.2 Å². The molecule has 0 amide bonds. The molecule has 0 spiro atoms. The fourth-order valence-electron chi connectivity index (χ4n) is 7.44. The molecule has 0 saturated carbocycles. The molecule has 8 aromatic carbocycles. The first-order chi connectivity index (χ1) is 25.6. The SMILES string of the molecule is Cc1cccc(-c2cc(-c3ccc4c(c3)c3cc(C)ccc3n4-c3ccc(-c4ccccc4)cc3)ccc2Nc2ccc(-c3ccccc3)cc2)c1. The van der Waals surface area contributed by atoms with E-state index in [0.717, 1.165) is 17.1 Å². The molecular formula is C50H38N2. The Hall–Kier alpha value is -6.64. The Balaban J connectivity index is 1.12. The molecule has 2 nitrogen and oxygen atoms in total. The van der Waals surface area contributed by atoms with Crippen molar-refractivity contribution in [3.63, 3.8) is 0 Å². The molecule has 0 atom stereocenters. The molecule has 248 valence electrons. The van der Waals surface area contributed by atoms with Crippen LogP contribution in [0.4, 0.5) is 11.4 Å². The second-order valence-corrected chi connectivity index (χ2v) is 13.7. The van der Waals surface area contributed by atoms with Crippen LogP contribution in [0.2, 0.25) is 0 Å². The minimum absolute atomic E-state index is 1.06. The Bertz CT molecular complexity index is 2680. The molecule has 1 N–H and O–H groups in total. The van der Waals surface area contributed by atoms with Crippen LogP contribution in [0.5, 0.6) is 0 Å². The average molecular weight is 667 g/mol. The molecule has 0 saturated heterocycles. The topological polar surface area (TPSA) is 17.0 Å². The van der Waals surface area contributed by atoms with E-state index in [2.05, 4.69) is 212 Å². The van der Waals surface area contributed by atoms with Crippen molar-refractivity contribution < 1.29 is 0 Å². The highest BCUT2D eigenvalue weighted by Crippen LogP contribution is 2.39. The largest absolute Gasteiger partial charge is 0.355 e. The van der Waals surface area contributed by atoms with Crippen molar-refractivity contribution in [3.05, 3.63) is 199 Å². The number of nitrogens with zero attached hydrogens (tertiary/aromatic N) is 1. The van der Waals surface area contributed by atoms with Crippen LogP contribution in [0.15, 0.2) is 188 Å². The van der Waals surface area contributed by atoms with E-state index in [4.69, 9.17) is 0 Å². The Kier molecular flexibility index (Phi) is 7.98. The average Bonchev–Trinajstić information content (AvgIpc) is 3.52. The number of hydrogen-bond donors (Lipinski definition) is 1. The van der Waals surface area contributed by atoms with Gasteiger partial charge in [0, 0.05) is 33.4 Å². The van der Waals surface area contributed by atoms with Crippen molar-refractivity contribution in [1.82, 2.24) is 4.57 Å². The van der Waals surface area contributed by atoms with Crippen LogP contribution in [0.3, 0.4) is 0 Å². The van der Waals surface area contributed by atoms with Crippen molar-refractivity contribution in [2.24, 2.45) is 0 Å². The third-order valence-corrected chi connectivity index (χ3v) is 10.1. The molecular weight excluding hydrogens is 629 g/mol. The lowest BCUT2D eigenvalue weighted by Crippen LogP contribution is -1.95. The quantitative estimate of drug-likeness (QED) is 0.179. The summed E-state index contributed by atoms with van der Waals surface area (Å²) >= 11 is 0. The van der Waals surface area contributed by atoms with Gasteiger partial charge in [-0.15, -0.1) is 0 Å². The molecule has 52 heavy (non-hydrogen) atoms. The van der Waals surface area contributed by atoms with E-state index in [9.17, 15) is 0 Å². The van der Waals surface area contributed by atoms with Gasteiger partial charge in [0.1, 0.15) is 0 Å². The van der Waals surface area contributed by atoms with Crippen molar-refractivity contribution in [3.8, 4) is 50.2 Å². The second kappa shape index (κ2) is 13.2. The standard InChI is InChI=1S/C50H38N2/c1-34-10-9-15-42(30-34)45-32-40(21-27-48(45)51-43-23-17-38(18-24-43)36-11-5-3-6-12-36)41-22-29-50-47(33-41)46-31-35(2)16-28-49(46)52(50)44-25-19-39(20-26-44)37-13-7-4-8-14-37/h3-33,51H,1-2H3. The van der Waals surface area contributed by atoms with Gasteiger partial charge < -0.3 is 9.88 Å². The van der Waals surface area contributed by atoms with E-state index in [1.165, 1.54) is 77.4 Å². The third kappa shape index (κ3) is 5.95. The lowest BCUT2D eigenvalue weighted by Gasteiger charge is -2.16. The van der Waals surface area contributed by atoms with Gasteiger partial charge in [-0.05, 0) is 113 Å². The Morgan fingerprint density at radius 3 is 1.56 bits per heavy atom. The van der Waals surface area contributed by atoms with Gasteiger partial charge in [0.05, 0.1) is 11.0 Å². The first kappa shape index (κ1) is 31.3. The highest BCUT2D eigenvalue weighted by molar-refractivity contribution is 6.11. The summed E-state index contributed by atoms with van der Waals surface area (Å²) in [4.78, 5) is 0.